The van der Waals surface area contributed by atoms with E-state index in [9.17, 15) is 19.7 Å². The summed E-state index contributed by atoms with van der Waals surface area (Å²) in [5.41, 5.74) is -1.31. The molecule has 9 heteroatoms. The Balaban J connectivity index is 2.72. The zero-order valence-corrected chi connectivity index (χ0v) is 14.0. The first-order valence-electron chi connectivity index (χ1n) is 7.11. The maximum absolute atomic E-state index is 11.8. The number of nitrogens with zero attached hydrogens (tertiary/aromatic N) is 1. The van der Waals surface area contributed by atoms with Gasteiger partial charge in [-0.15, -0.1) is 0 Å². The smallest absolute Gasteiger partial charge is 0.407 e. The number of carbonyl (C=O) groups is 2. The van der Waals surface area contributed by atoms with Crippen LogP contribution in [0.25, 0.3) is 0 Å². The average Bonchev–Trinajstić information content (AvgIpc) is 2.48. The third kappa shape index (κ3) is 5.75. The van der Waals surface area contributed by atoms with Gasteiger partial charge in [0.25, 0.3) is 5.69 Å². The minimum Gasteiger partial charge on any atom is -0.491 e. The second kappa shape index (κ2) is 8.14. The number of rotatable bonds is 6. The van der Waals surface area contributed by atoms with Gasteiger partial charge >= 0.3 is 12.1 Å². The van der Waals surface area contributed by atoms with Crippen LogP contribution in [-0.4, -0.2) is 42.8 Å². The first kappa shape index (κ1) is 19.2. The number of alkyl carbamates (subject to hydrolysis) is 1. The summed E-state index contributed by atoms with van der Waals surface area (Å²) in [6.45, 7) is 5.28. The van der Waals surface area contributed by atoms with E-state index in [0.29, 0.717) is 0 Å². The van der Waals surface area contributed by atoms with Crippen molar-refractivity contribution >= 4 is 17.7 Å². The summed E-state index contributed by atoms with van der Waals surface area (Å²) in [6.07, 6.45) is -0.613. The van der Waals surface area contributed by atoms with E-state index < -0.39 is 28.3 Å². The molecule has 0 heterocycles. The summed E-state index contributed by atoms with van der Waals surface area (Å²) in [6, 6.07) is 3.98. The molecule has 0 atom stereocenters. The number of esters is 1. The molecule has 0 aliphatic heterocycles. The largest absolute Gasteiger partial charge is 0.491 e. The lowest BCUT2D eigenvalue weighted by atomic mass is 10.1. The second-order valence-corrected chi connectivity index (χ2v) is 5.68. The lowest BCUT2D eigenvalue weighted by Gasteiger charge is -2.19. The summed E-state index contributed by atoms with van der Waals surface area (Å²) in [5, 5.41) is 13.5. The van der Waals surface area contributed by atoms with E-state index in [4.69, 9.17) is 9.47 Å². The van der Waals surface area contributed by atoms with E-state index in [-0.39, 0.29) is 24.5 Å². The fourth-order valence-electron chi connectivity index (χ4n) is 1.73. The molecule has 9 nitrogen and oxygen atoms in total. The molecule has 0 saturated heterocycles. The third-order valence-corrected chi connectivity index (χ3v) is 2.62. The first-order valence-corrected chi connectivity index (χ1v) is 7.11. The van der Waals surface area contributed by atoms with Crippen LogP contribution in [0.4, 0.5) is 10.5 Å². The highest BCUT2D eigenvalue weighted by molar-refractivity contribution is 5.96. The van der Waals surface area contributed by atoms with Gasteiger partial charge < -0.3 is 19.5 Å². The molecular formula is C15H20N2O7. The van der Waals surface area contributed by atoms with Crippen molar-refractivity contribution in [1.82, 2.24) is 5.32 Å². The Labute approximate surface area is 139 Å². The Kier molecular flexibility index (Phi) is 6.51. The van der Waals surface area contributed by atoms with Gasteiger partial charge in [-0.1, -0.05) is 6.07 Å². The molecule has 1 rings (SSSR count). The van der Waals surface area contributed by atoms with Gasteiger partial charge in [0.15, 0.2) is 5.56 Å². The number of amides is 1. The highest BCUT2D eigenvalue weighted by Crippen LogP contribution is 2.28. The van der Waals surface area contributed by atoms with E-state index in [0.717, 1.165) is 7.11 Å². The lowest BCUT2D eigenvalue weighted by Crippen LogP contribution is -2.34. The molecule has 0 unspecified atom stereocenters. The first-order chi connectivity index (χ1) is 11.2. The molecule has 0 saturated carbocycles. The fourth-order valence-corrected chi connectivity index (χ4v) is 1.73. The van der Waals surface area contributed by atoms with E-state index in [1.165, 1.54) is 18.2 Å². The van der Waals surface area contributed by atoms with E-state index in [1.54, 1.807) is 20.8 Å². The van der Waals surface area contributed by atoms with Gasteiger partial charge in [-0.05, 0) is 26.8 Å². The standard InChI is InChI=1S/C15H20N2O7/c1-15(2,3)24-14(19)16-8-9-23-11-7-5-6-10(17(20)21)12(11)13(18)22-4/h5-7H,8-9H2,1-4H3,(H,16,19). The Hall–Kier alpha value is -2.84. The number of ether oxygens (including phenoxy) is 3. The van der Waals surface area contributed by atoms with Crippen molar-refractivity contribution in [3.63, 3.8) is 0 Å². The number of methoxy groups -OCH3 is 1. The van der Waals surface area contributed by atoms with E-state index >= 15 is 0 Å². The molecule has 1 aromatic carbocycles. The Morgan fingerprint density at radius 2 is 1.96 bits per heavy atom. The summed E-state index contributed by atoms with van der Waals surface area (Å²) < 4.78 is 15.0. The number of nitro benzene ring substituents is 1. The van der Waals surface area contributed by atoms with Gasteiger partial charge in [-0.25, -0.2) is 9.59 Å². The molecule has 0 aliphatic rings. The molecule has 24 heavy (non-hydrogen) atoms. The Morgan fingerprint density at radius 3 is 2.50 bits per heavy atom. The van der Waals surface area contributed by atoms with Gasteiger partial charge in [0, 0.05) is 6.07 Å². The highest BCUT2D eigenvalue weighted by atomic mass is 16.6. The van der Waals surface area contributed by atoms with Gasteiger partial charge in [0.1, 0.15) is 18.0 Å². The van der Waals surface area contributed by atoms with Crippen LogP contribution in [-0.2, 0) is 9.47 Å². The SMILES string of the molecule is COC(=O)c1c(OCCNC(=O)OC(C)(C)C)cccc1[N+](=O)[O-]. The number of carbonyl (C=O) groups excluding carboxylic acids is 2. The van der Waals surface area contributed by atoms with Crippen LogP contribution in [0.2, 0.25) is 0 Å². The summed E-state index contributed by atoms with van der Waals surface area (Å²) in [4.78, 5) is 33.6. The van der Waals surface area contributed by atoms with Gasteiger partial charge in [0.2, 0.25) is 0 Å². The summed E-state index contributed by atoms with van der Waals surface area (Å²) in [5.74, 6) is -0.876. The monoisotopic (exact) mass is 340 g/mol. The predicted octanol–water partition coefficient (Wildman–Crippen LogP) is 2.28. The van der Waals surface area contributed by atoms with Crippen LogP contribution in [0, 0.1) is 10.1 Å². The zero-order chi connectivity index (χ0) is 18.3. The molecule has 0 aromatic heterocycles. The number of nitrogens with one attached hydrogen (secondary N) is 1. The minimum atomic E-state index is -0.877. The molecule has 132 valence electrons. The van der Waals surface area contributed by atoms with Crippen LogP contribution < -0.4 is 10.1 Å². The van der Waals surface area contributed by atoms with Crippen molar-refractivity contribution < 1.29 is 28.7 Å². The van der Waals surface area contributed by atoms with Gasteiger partial charge in [-0.3, -0.25) is 10.1 Å². The zero-order valence-electron chi connectivity index (χ0n) is 14.0. The maximum Gasteiger partial charge on any atom is 0.407 e. The molecule has 0 spiro atoms. The average molecular weight is 340 g/mol. The Morgan fingerprint density at radius 1 is 1.29 bits per heavy atom. The van der Waals surface area contributed by atoms with Crippen LogP contribution in [0.3, 0.4) is 0 Å². The molecule has 0 fully saturated rings. The predicted molar refractivity (Wildman–Crippen MR) is 84.2 cm³/mol. The fraction of sp³-hybridized carbons (Fsp3) is 0.467. The van der Waals surface area contributed by atoms with Gasteiger partial charge in [0.05, 0.1) is 18.6 Å². The van der Waals surface area contributed by atoms with Crippen LogP contribution in [0.5, 0.6) is 5.75 Å². The van der Waals surface area contributed by atoms with Crippen molar-refractivity contribution in [2.45, 2.75) is 26.4 Å². The molecule has 0 bridgehead atoms. The van der Waals surface area contributed by atoms with Crippen LogP contribution >= 0.6 is 0 Å². The minimum absolute atomic E-state index is 0.00189. The molecule has 0 aliphatic carbocycles. The molecular weight excluding hydrogens is 320 g/mol. The summed E-state index contributed by atoms with van der Waals surface area (Å²) in [7, 11) is 1.12. The number of hydrogen-bond donors (Lipinski definition) is 1. The van der Waals surface area contributed by atoms with Crippen molar-refractivity contribution in [2.24, 2.45) is 0 Å². The number of hydrogen-bond acceptors (Lipinski definition) is 7. The number of benzene rings is 1. The summed E-state index contributed by atoms with van der Waals surface area (Å²) >= 11 is 0. The highest BCUT2D eigenvalue weighted by Gasteiger charge is 2.26. The van der Waals surface area contributed by atoms with Crippen molar-refractivity contribution in [1.29, 1.82) is 0 Å². The Bertz CT molecular complexity index is 623. The van der Waals surface area contributed by atoms with Crippen molar-refractivity contribution in [2.75, 3.05) is 20.3 Å². The maximum atomic E-state index is 11.8. The molecule has 1 aromatic rings. The van der Waals surface area contributed by atoms with E-state index in [1.807, 2.05) is 0 Å². The topological polar surface area (TPSA) is 117 Å². The normalized spacial score (nSPS) is 10.7. The molecule has 1 amide bonds. The third-order valence-electron chi connectivity index (χ3n) is 2.62. The van der Waals surface area contributed by atoms with Crippen LogP contribution in [0.15, 0.2) is 18.2 Å². The second-order valence-electron chi connectivity index (χ2n) is 5.68. The molecule has 1 N–H and O–H groups in total. The van der Waals surface area contributed by atoms with Gasteiger partial charge in [-0.2, -0.15) is 0 Å². The quantitative estimate of drug-likeness (QED) is 0.365. The molecule has 0 radical (unpaired) electrons. The van der Waals surface area contributed by atoms with Crippen molar-refractivity contribution in [3.05, 3.63) is 33.9 Å². The number of nitro groups is 1. The van der Waals surface area contributed by atoms with E-state index in [2.05, 4.69) is 10.1 Å². The van der Waals surface area contributed by atoms with Crippen molar-refractivity contribution in [3.8, 4) is 5.75 Å². The lowest BCUT2D eigenvalue weighted by molar-refractivity contribution is -0.385. The van der Waals surface area contributed by atoms with Crippen LogP contribution in [0.1, 0.15) is 31.1 Å².